The predicted octanol–water partition coefficient (Wildman–Crippen LogP) is 3.40. The summed E-state index contributed by atoms with van der Waals surface area (Å²) in [6, 6.07) is 0. The van der Waals surface area contributed by atoms with Crippen LogP contribution in [0.15, 0.2) is 12.2 Å². The van der Waals surface area contributed by atoms with Crippen molar-refractivity contribution < 1.29 is 4.74 Å². The predicted molar refractivity (Wildman–Crippen MR) is 54.3 cm³/mol. The van der Waals surface area contributed by atoms with Gasteiger partial charge in [-0.15, -0.1) is 6.58 Å². The molecule has 0 bridgehead atoms. The molecule has 72 valence electrons. The van der Waals surface area contributed by atoms with Gasteiger partial charge in [-0.05, 0) is 25.7 Å². The van der Waals surface area contributed by atoms with Crippen LogP contribution in [-0.4, -0.2) is 13.2 Å². The molecule has 0 amide bonds. The second-order valence-corrected chi connectivity index (χ2v) is 3.70. The van der Waals surface area contributed by atoms with Crippen LogP contribution in [0.1, 0.15) is 40.0 Å². The van der Waals surface area contributed by atoms with Crippen molar-refractivity contribution in [1.82, 2.24) is 0 Å². The summed E-state index contributed by atoms with van der Waals surface area (Å²) in [4.78, 5) is 0. The van der Waals surface area contributed by atoms with Crippen LogP contribution in [0.2, 0.25) is 0 Å². The third kappa shape index (κ3) is 4.55. The van der Waals surface area contributed by atoms with Crippen molar-refractivity contribution in [3.05, 3.63) is 12.2 Å². The van der Waals surface area contributed by atoms with Crippen molar-refractivity contribution in [2.45, 2.75) is 46.1 Å². The van der Waals surface area contributed by atoms with E-state index in [9.17, 15) is 0 Å². The molecule has 1 nitrogen and oxygen atoms in total. The average molecular weight is 170 g/mol. The third-order valence-electron chi connectivity index (χ3n) is 2.23. The summed E-state index contributed by atoms with van der Waals surface area (Å²) in [5.41, 5.74) is 1.21. The number of rotatable bonds is 6. The van der Waals surface area contributed by atoms with Crippen molar-refractivity contribution >= 4 is 0 Å². The molecule has 0 aromatic rings. The molecule has 0 aromatic heterocycles. The number of ether oxygens (including phenoxy) is 1. The molecule has 0 aliphatic carbocycles. The van der Waals surface area contributed by atoms with Gasteiger partial charge in [-0.3, -0.25) is 0 Å². The van der Waals surface area contributed by atoms with Gasteiger partial charge < -0.3 is 4.74 Å². The van der Waals surface area contributed by atoms with Crippen LogP contribution in [0.5, 0.6) is 0 Å². The Balaban J connectivity index is 3.86. The number of hydrogen-bond acceptors (Lipinski definition) is 1. The second kappa shape index (κ2) is 6.24. The van der Waals surface area contributed by atoms with Crippen LogP contribution in [0, 0.1) is 5.92 Å². The highest BCUT2D eigenvalue weighted by Crippen LogP contribution is 2.18. The minimum absolute atomic E-state index is 0.363. The summed E-state index contributed by atoms with van der Waals surface area (Å²) < 4.78 is 5.41. The van der Waals surface area contributed by atoms with E-state index in [2.05, 4.69) is 27.4 Å². The van der Waals surface area contributed by atoms with Gasteiger partial charge in [0.05, 0.1) is 6.10 Å². The maximum Gasteiger partial charge on any atom is 0.0633 e. The van der Waals surface area contributed by atoms with Crippen LogP contribution in [-0.2, 0) is 4.74 Å². The SMILES string of the molecule is C=C(C)CC(OC)C(C)CCC. The molecule has 0 saturated heterocycles. The highest BCUT2D eigenvalue weighted by atomic mass is 16.5. The van der Waals surface area contributed by atoms with Gasteiger partial charge in [0.15, 0.2) is 0 Å². The first-order valence-electron chi connectivity index (χ1n) is 4.79. The highest BCUT2D eigenvalue weighted by Gasteiger charge is 2.15. The van der Waals surface area contributed by atoms with Crippen LogP contribution in [0.3, 0.4) is 0 Å². The summed E-state index contributed by atoms with van der Waals surface area (Å²) in [5, 5.41) is 0. The molecular formula is C11H22O. The molecular weight excluding hydrogens is 148 g/mol. The van der Waals surface area contributed by atoms with E-state index in [1.165, 1.54) is 18.4 Å². The Hall–Kier alpha value is -0.300. The Morgan fingerprint density at radius 1 is 1.50 bits per heavy atom. The molecule has 1 heteroatoms. The van der Waals surface area contributed by atoms with Crippen molar-refractivity contribution in [1.29, 1.82) is 0 Å². The lowest BCUT2D eigenvalue weighted by atomic mass is 9.95. The molecule has 2 atom stereocenters. The van der Waals surface area contributed by atoms with Crippen LogP contribution >= 0.6 is 0 Å². The van der Waals surface area contributed by atoms with Crippen molar-refractivity contribution in [3.63, 3.8) is 0 Å². The lowest BCUT2D eigenvalue weighted by molar-refractivity contribution is 0.0555. The summed E-state index contributed by atoms with van der Waals surface area (Å²) in [7, 11) is 1.79. The molecule has 0 heterocycles. The largest absolute Gasteiger partial charge is 0.381 e. The smallest absolute Gasteiger partial charge is 0.0633 e. The summed E-state index contributed by atoms with van der Waals surface area (Å²) in [6.45, 7) is 10.4. The minimum Gasteiger partial charge on any atom is -0.381 e. The maximum atomic E-state index is 5.41. The van der Waals surface area contributed by atoms with Gasteiger partial charge in [0.2, 0.25) is 0 Å². The quantitative estimate of drug-likeness (QED) is 0.555. The van der Waals surface area contributed by atoms with Crippen LogP contribution in [0.4, 0.5) is 0 Å². The molecule has 0 radical (unpaired) electrons. The standard InChI is InChI=1S/C11H22O/c1-6-7-10(4)11(12-5)8-9(2)3/h10-11H,2,6-8H2,1,3-5H3. The Bertz CT molecular complexity index is 129. The highest BCUT2D eigenvalue weighted by molar-refractivity contribution is 4.92. The fourth-order valence-electron chi connectivity index (χ4n) is 1.50. The van der Waals surface area contributed by atoms with Gasteiger partial charge in [0, 0.05) is 7.11 Å². The molecule has 0 spiro atoms. The number of hydrogen-bond donors (Lipinski definition) is 0. The first-order valence-corrected chi connectivity index (χ1v) is 4.79. The molecule has 2 unspecified atom stereocenters. The van der Waals surface area contributed by atoms with Gasteiger partial charge in [-0.25, -0.2) is 0 Å². The average Bonchev–Trinajstić information content (AvgIpc) is 2.00. The molecule has 0 aromatic carbocycles. The second-order valence-electron chi connectivity index (χ2n) is 3.70. The molecule has 12 heavy (non-hydrogen) atoms. The van der Waals surface area contributed by atoms with E-state index in [0.717, 1.165) is 6.42 Å². The summed E-state index contributed by atoms with van der Waals surface area (Å²) >= 11 is 0. The van der Waals surface area contributed by atoms with Gasteiger partial charge in [0.1, 0.15) is 0 Å². The monoisotopic (exact) mass is 170 g/mol. The van der Waals surface area contributed by atoms with Crippen molar-refractivity contribution in [3.8, 4) is 0 Å². The summed E-state index contributed by atoms with van der Waals surface area (Å²) in [5.74, 6) is 0.650. The maximum absolute atomic E-state index is 5.41. The molecule has 0 rings (SSSR count). The zero-order valence-corrected chi connectivity index (χ0v) is 8.89. The normalized spacial score (nSPS) is 15.7. The molecule has 0 aliphatic rings. The van der Waals surface area contributed by atoms with Crippen LogP contribution < -0.4 is 0 Å². The zero-order valence-electron chi connectivity index (χ0n) is 8.89. The lowest BCUT2D eigenvalue weighted by Crippen LogP contribution is -2.20. The molecule has 0 fully saturated rings. The fourth-order valence-corrected chi connectivity index (χ4v) is 1.50. The Labute approximate surface area is 76.8 Å². The van der Waals surface area contributed by atoms with E-state index in [1.54, 1.807) is 7.11 Å². The zero-order chi connectivity index (χ0) is 9.56. The molecule has 0 aliphatic heterocycles. The van der Waals surface area contributed by atoms with E-state index in [1.807, 2.05) is 0 Å². The van der Waals surface area contributed by atoms with Gasteiger partial charge >= 0.3 is 0 Å². The molecule has 0 saturated carbocycles. The van der Waals surface area contributed by atoms with Crippen LogP contribution in [0.25, 0.3) is 0 Å². The first-order chi connectivity index (χ1) is 5.61. The number of methoxy groups -OCH3 is 1. The van der Waals surface area contributed by atoms with E-state index < -0.39 is 0 Å². The van der Waals surface area contributed by atoms with E-state index in [4.69, 9.17) is 4.74 Å². The van der Waals surface area contributed by atoms with Gasteiger partial charge in [0.25, 0.3) is 0 Å². The lowest BCUT2D eigenvalue weighted by Gasteiger charge is -2.22. The minimum atomic E-state index is 0.363. The van der Waals surface area contributed by atoms with E-state index in [0.29, 0.717) is 12.0 Å². The van der Waals surface area contributed by atoms with Crippen molar-refractivity contribution in [2.75, 3.05) is 7.11 Å². The topological polar surface area (TPSA) is 9.23 Å². The third-order valence-corrected chi connectivity index (χ3v) is 2.23. The Morgan fingerprint density at radius 2 is 2.08 bits per heavy atom. The van der Waals surface area contributed by atoms with E-state index >= 15 is 0 Å². The van der Waals surface area contributed by atoms with Crippen molar-refractivity contribution in [2.24, 2.45) is 5.92 Å². The molecule has 0 N–H and O–H groups in total. The van der Waals surface area contributed by atoms with E-state index in [-0.39, 0.29) is 0 Å². The Kier molecular flexibility index (Phi) is 6.09. The summed E-state index contributed by atoms with van der Waals surface area (Å²) in [6.07, 6.45) is 3.84. The Morgan fingerprint density at radius 3 is 2.42 bits per heavy atom. The van der Waals surface area contributed by atoms with Gasteiger partial charge in [-0.1, -0.05) is 25.8 Å². The fraction of sp³-hybridized carbons (Fsp3) is 0.818. The first kappa shape index (κ1) is 11.7. The van der Waals surface area contributed by atoms with Gasteiger partial charge in [-0.2, -0.15) is 0 Å².